The number of para-hydroxylation sites is 1. The summed E-state index contributed by atoms with van der Waals surface area (Å²) in [4.78, 5) is 29.8. The molecule has 1 saturated heterocycles. The van der Waals surface area contributed by atoms with Crippen LogP contribution in [-0.4, -0.2) is 67.5 Å². The zero-order valence-corrected chi connectivity index (χ0v) is 20.4. The molecule has 2 aromatic rings. The van der Waals surface area contributed by atoms with Crippen molar-refractivity contribution in [2.45, 2.75) is 32.2 Å². The molecular weight excluding hydrogens is 432 g/mol. The molecule has 1 aliphatic rings. The first-order chi connectivity index (χ1) is 16.4. The molecule has 34 heavy (non-hydrogen) atoms. The van der Waals surface area contributed by atoms with Crippen molar-refractivity contribution in [2.24, 2.45) is 0 Å². The number of carbonyl (C=O) groups excluding carboxylic acids is 2. The van der Waals surface area contributed by atoms with Gasteiger partial charge in [0, 0.05) is 17.7 Å². The molecule has 1 amide bonds. The minimum atomic E-state index is -0.737. The van der Waals surface area contributed by atoms with Crippen LogP contribution >= 0.6 is 0 Å². The smallest absolute Gasteiger partial charge is 0.295 e. The van der Waals surface area contributed by atoms with Crippen LogP contribution in [0.1, 0.15) is 43.4 Å². The van der Waals surface area contributed by atoms with E-state index in [9.17, 15) is 14.7 Å². The molecule has 1 fully saturated rings. The number of carbonyl (C=O) groups is 2. The van der Waals surface area contributed by atoms with E-state index in [4.69, 9.17) is 9.47 Å². The largest absolute Gasteiger partial charge is 0.507 e. The van der Waals surface area contributed by atoms with Gasteiger partial charge in [-0.3, -0.25) is 9.59 Å². The van der Waals surface area contributed by atoms with Gasteiger partial charge in [-0.05, 0) is 63.8 Å². The van der Waals surface area contributed by atoms with E-state index >= 15 is 0 Å². The van der Waals surface area contributed by atoms with E-state index in [1.165, 1.54) is 4.90 Å². The molecule has 3 rings (SSSR count). The molecular formula is C27H34N2O5. The van der Waals surface area contributed by atoms with Gasteiger partial charge in [-0.1, -0.05) is 31.5 Å². The SMILES string of the molecule is CCCCOc1ccc(C(O)=C2C(=O)C(=O)N(CCCN(C)C)[C@H]2c2ccccc2OC)cc1. The van der Waals surface area contributed by atoms with Crippen LogP contribution in [0.2, 0.25) is 0 Å². The van der Waals surface area contributed by atoms with E-state index in [2.05, 4.69) is 6.92 Å². The maximum absolute atomic E-state index is 13.2. The van der Waals surface area contributed by atoms with E-state index in [1.807, 2.05) is 37.2 Å². The monoisotopic (exact) mass is 466 g/mol. The van der Waals surface area contributed by atoms with Gasteiger partial charge in [-0.25, -0.2) is 0 Å². The number of aliphatic hydroxyl groups excluding tert-OH is 1. The number of aliphatic hydroxyl groups is 1. The number of benzene rings is 2. The maximum atomic E-state index is 13.2. The molecule has 1 aliphatic heterocycles. The molecule has 7 heteroatoms. The van der Waals surface area contributed by atoms with E-state index in [1.54, 1.807) is 37.4 Å². The van der Waals surface area contributed by atoms with Gasteiger partial charge in [0.2, 0.25) is 0 Å². The van der Waals surface area contributed by atoms with E-state index in [0.29, 0.717) is 42.2 Å². The van der Waals surface area contributed by atoms with Crippen molar-refractivity contribution >= 4 is 17.4 Å². The number of amides is 1. The van der Waals surface area contributed by atoms with Gasteiger partial charge >= 0.3 is 0 Å². The minimum Gasteiger partial charge on any atom is -0.507 e. The fourth-order valence-corrected chi connectivity index (χ4v) is 4.08. The number of likely N-dealkylation sites (tertiary alicyclic amines) is 1. The zero-order valence-electron chi connectivity index (χ0n) is 20.4. The molecule has 0 spiro atoms. The van der Waals surface area contributed by atoms with Crippen molar-refractivity contribution in [3.05, 3.63) is 65.2 Å². The summed E-state index contributed by atoms with van der Waals surface area (Å²) in [6, 6.07) is 13.5. The van der Waals surface area contributed by atoms with Gasteiger partial charge in [-0.2, -0.15) is 0 Å². The molecule has 0 unspecified atom stereocenters. The quantitative estimate of drug-likeness (QED) is 0.231. The first-order valence-electron chi connectivity index (χ1n) is 11.7. The maximum Gasteiger partial charge on any atom is 0.295 e. The Morgan fingerprint density at radius 3 is 2.41 bits per heavy atom. The summed E-state index contributed by atoms with van der Waals surface area (Å²) in [5, 5.41) is 11.2. The first-order valence-corrected chi connectivity index (χ1v) is 11.7. The Balaban J connectivity index is 2.02. The standard InChI is InChI=1S/C27H34N2O5/c1-5-6-18-34-20-14-12-19(13-15-20)25(30)23-24(21-10-7-8-11-22(21)33-4)29(27(32)26(23)31)17-9-16-28(2)3/h7-8,10-15,24,30H,5-6,9,16-18H2,1-4H3/t24-/m0/s1. The lowest BCUT2D eigenvalue weighted by Crippen LogP contribution is -2.32. The Morgan fingerprint density at radius 1 is 1.06 bits per heavy atom. The summed E-state index contributed by atoms with van der Waals surface area (Å²) in [6.07, 6.45) is 2.68. The summed E-state index contributed by atoms with van der Waals surface area (Å²) in [5.74, 6) is -0.269. The van der Waals surface area contributed by atoms with Crippen molar-refractivity contribution in [3.8, 4) is 11.5 Å². The van der Waals surface area contributed by atoms with Crippen LogP contribution in [0, 0.1) is 0 Å². The topological polar surface area (TPSA) is 79.3 Å². The van der Waals surface area contributed by atoms with Gasteiger partial charge < -0.3 is 24.4 Å². The highest BCUT2D eigenvalue weighted by Crippen LogP contribution is 2.42. The number of hydrogen-bond acceptors (Lipinski definition) is 6. The van der Waals surface area contributed by atoms with Gasteiger partial charge in [-0.15, -0.1) is 0 Å². The number of unbranched alkanes of at least 4 members (excludes halogenated alkanes) is 1. The highest BCUT2D eigenvalue weighted by molar-refractivity contribution is 6.46. The third-order valence-electron chi connectivity index (χ3n) is 5.87. The molecule has 0 bridgehead atoms. The summed E-state index contributed by atoms with van der Waals surface area (Å²) in [6.45, 7) is 3.86. The average molecular weight is 467 g/mol. The Kier molecular flexibility index (Phi) is 8.71. The summed E-state index contributed by atoms with van der Waals surface area (Å²) >= 11 is 0. The molecule has 0 aliphatic carbocycles. The van der Waals surface area contributed by atoms with Crippen LogP contribution in [0.5, 0.6) is 11.5 Å². The van der Waals surface area contributed by atoms with Crippen LogP contribution in [0.15, 0.2) is 54.1 Å². The van der Waals surface area contributed by atoms with Gasteiger partial charge in [0.05, 0.1) is 25.3 Å². The Labute approximate surface area is 201 Å². The van der Waals surface area contributed by atoms with Gasteiger partial charge in [0.15, 0.2) is 0 Å². The fraction of sp³-hybridized carbons (Fsp3) is 0.407. The van der Waals surface area contributed by atoms with Crippen LogP contribution < -0.4 is 9.47 Å². The number of Topliss-reactive ketones (excluding diaryl/α,β-unsaturated/α-hetero) is 1. The molecule has 7 nitrogen and oxygen atoms in total. The number of hydrogen-bond donors (Lipinski definition) is 1. The predicted molar refractivity (Wildman–Crippen MR) is 132 cm³/mol. The lowest BCUT2D eigenvalue weighted by Gasteiger charge is -2.27. The molecule has 182 valence electrons. The van der Waals surface area contributed by atoms with Crippen LogP contribution in [0.4, 0.5) is 0 Å². The molecule has 1 N–H and O–H groups in total. The van der Waals surface area contributed by atoms with Crippen LogP contribution in [0.25, 0.3) is 5.76 Å². The van der Waals surface area contributed by atoms with Gasteiger partial charge in [0.25, 0.3) is 11.7 Å². The Morgan fingerprint density at radius 2 is 1.76 bits per heavy atom. The lowest BCUT2D eigenvalue weighted by molar-refractivity contribution is -0.140. The number of nitrogens with zero attached hydrogens (tertiary/aromatic N) is 2. The highest BCUT2D eigenvalue weighted by Gasteiger charge is 2.46. The highest BCUT2D eigenvalue weighted by atomic mass is 16.5. The van der Waals surface area contributed by atoms with Crippen molar-refractivity contribution < 1.29 is 24.2 Å². The zero-order chi connectivity index (χ0) is 24.7. The molecule has 0 aromatic heterocycles. The summed E-state index contributed by atoms with van der Waals surface area (Å²) in [7, 11) is 5.47. The fourth-order valence-electron chi connectivity index (χ4n) is 4.08. The van der Waals surface area contributed by atoms with E-state index in [0.717, 1.165) is 19.4 Å². The van der Waals surface area contributed by atoms with E-state index < -0.39 is 17.7 Å². The first kappa shape index (κ1) is 25.3. The normalized spacial score (nSPS) is 17.4. The predicted octanol–water partition coefficient (Wildman–Crippen LogP) is 4.25. The third kappa shape index (κ3) is 5.59. The lowest BCUT2D eigenvalue weighted by atomic mass is 9.94. The number of rotatable bonds is 11. The van der Waals surface area contributed by atoms with Crippen LogP contribution in [0.3, 0.4) is 0 Å². The second kappa shape index (κ2) is 11.7. The van der Waals surface area contributed by atoms with Crippen molar-refractivity contribution in [1.29, 1.82) is 0 Å². The van der Waals surface area contributed by atoms with Crippen molar-refractivity contribution in [1.82, 2.24) is 9.80 Å². The minimum absolute atomic E-state index is 0.0685. The van der Waals surface area contributed by atoms with Crippen LogP contribution in [-0.2, 0) is 9.59 Å². The van der Waals surface area contributed by atoms with Crippen molar-refractivity contribution in [2.75, 3.05) is 40.9 Å². The molecule has 1 heterocycles. The second-order valence-corrected chi connectivity index (χ2v) is 8.62. The average Bonchev–Trinajstić information content (AvgIpc) is 3.09. The Hall–Kier alpha value is -3.32. The number of ether oxygens (including phenoxy) is 2. The molecule has 2 aromatic carbocycles. The number of methoxy groups -OCH3 is 1. The van der Waals surface area contributed by atoms with Gasteiger partial charge in [0.1, 0.15) is 17.3 Å². The number of ketones is 1. The second-order valence-electron chi connectivity index (χ2n) is 8.62. The van der Waals surface area contributed by atoms with Crippen molar-refractivity contribution in [3.63, 3.8) is 0 Å². The summed E-state index contributed by atoms with van der Waals surface area (Å²) in [5.41, 5.74) is 1.18. The third-order valence-corrected chi connectivity index (χ3v) is 5.87. The molecule has 0 radical (unpaired) electrons. The molecule has 1 atom stereocenters. The van der Waals surface area contributed by atoms with E-state index in [-0.39, 0.29) is 11.3 Å². The molecule has 0 saturated carbocycles. The summed E-state index contributed by atoms with van der Waals surface area (Å²) < 4.78 is 11.2. The Bertz CT molecular complexity index is 1030.